The number of rotatable bonds is 7. The smallest absolute Gasteiger partial charge is 0.271 e. The van der Waals surface area contributed by atoms with Crippen LogP contribution in [0.25, 0.3) is 0 Å². The fourth-order valence-electron chi connectivity index (χ4n) is 3.43. The molecule has 146 valence electrons. The summed E-state index contributed by atoms with van der Waals surface area (Å²) in [5, 5.41) is 11.0. The van der Waals surface area contributed by atoms with Gasteiger partial charge < -0.3 is 19.7 Å². The summed E-state index contributed by atoms with van der Waals surface area (Å²) in [7, 11) is 3.30. The van der Waals surface area contributed by atoms with Gasteiger partial charge in [-0.3, -0.25) is 4.79 Å². The molecule has 2 aromatic rings. The van der Waals surface area contributed by atoms with Gasteiger partial charge in [0.15, 0.2) is 0 Å². The zero-order valence-electron chi connectivity index (χ0n) is 16.4. The van der Waals surface area contributed by atoms with Gasteiger partial charge in [-0.2, -0.15) is 0 Å². The van der Waals surface area contributed by atoms with Crippen molar-refractivity contribution in [2.75, 3.05) is 38.8 Å². The molecule has 1 unspecified atom stereocenters. The van der Waals surface area contributed by atoms with Gasteiger partial charge in [0, 0.05) is 50.1 Å². The van der Waals surface area contributed by atoms with Gasteiger partial charge in [0.1, 0.15) is 17.2 Å². The minimum absolute atomic E-state index is 0.110. The molecule has 8 heteroatoms. The number of ether oxygens (including phenoxy) is 2. The van der Waals surface area contributed by atoms with E-state index in [0.717, 1.165) is 36.7 Å². The second-order valence-electron chi connectivity index (χ2n) is 6.72. The number of carbonyl (C=O) groups excluding carboxylic acids is 1. The monoisotopic (exact) mass is 373 g/mol. The average Bonchev–Trinajstić information content (AvgIpc) is 3.32. The molecule has 0 radical (unpaired) electrons. The summed E-state index contributed by atoms with van der Waals surface area (Å²) in [4.78, 5) is 14.8. The minimum Gasteiger partial charge on any atom is -0.497 e. The van der Waals surface area contributed by atoms with Crippen molar-refractivity contribution in [3.05, 3.63) is 29.6 Å². The quantitative estimate of drug-likeness (QED) is 0.798. The Morgan fingerprint density at radius 3 is 2.59 bits per heavy atom. The first-order chi connectivity index (χ1) is 13.0. The highest BCUT2D eigenvalue weighted by Crippen LogP contribution is 2.31. The molecule has 0 saturated carbocycles. The van der Waals surface area contributed by atoms with E-state index >= 15 is 0 Å². The fourth-order valence-corrected chi connectivity index (χ4v) is 3.43. The predicted octanol–water partition coefficient (Wildman–Crippen LogP) is 1.88. The first-order valence-electron chi connectivity index (χ1n) is 9.22. The van der Waals surface area contributed by atoms with Gasteiger partial charge >= 0.3 is 0 Å². The number of benzene rings is 1. The lowest BCUT2D eigenvalue weighted by Gasteiger charge is -2.20. The third-order valence-corrected chi connectivity index (χ3v) is 4.96. The largest absolute Gasteiger partial charge is 0.497 e. The van der Waals surface area contributed by atoms with Crippen LogP contribution in [0.4, 0.5) is 5.69 Å². The Hall–Kier alpha value is -2.77. The molecule has 3 rings (SSSR count). The van der Waals surface area contributed by atoms with Crippen molar-refractivity contribution in [2.24, 2.45) is 5.92 Å². The minimum atomic E-state index is -0.110. The molecule has 1 aliphatic heterocycles. The van der Waals surface area contributed by atoms with Crippen LogP contribution in [0.1, 0.15) is 29.5 Å². The summed E-state index contributed by atoms with van der Waals surface area (Å²) >= 11 is 0. The molecule has 1 fully saturated rings. The summed E-state index contributed by atoms with van der Waals surface area (Å²) in [6.45, 7) is 6.82. The van der Waals surface area contributed by atoms with E-state index in [1.807, 2.05) is 32.0 Å². The molecule has 0 bridgehead atoms. The number of hydrogen-bond donors (Lipinski definition) is 1. The molecule has 2 heterocycles. The van der Waals surface area contributed by atoms with Gasteiger partial charge in [-0.15, -0.1) is 5.10 Å². The Balaban J connectivity index is 1.60. The Kier molecular flexibility index (Phi) is 5.83. The summed E-state index contributed by atoms with van der Waals surface area (Å²) in [6, 6.07) is 5.89. The number of aryl methyl sites for hydroxylation is 2. The van der Waals surface area contributed by atoms with Gasteiger partial charge in [-0.05, 0) is 26.2 Å². The van der Waals surface area contributed by atoms with Crippen LogP contribution in [0.3, 0.4) is 0 Å². The van der Waals surface area contributed by atoms with Crippen molar-refractivity contribution in [1.29, 1.82) is 0 Å². The number of amides is 1. The second-order valence-corrected chi connectivity index (χ2v) is 6.72. The molecule has 1 aliphatic rings. The van der Waals surface area contributed by atoms with E-state index in [-0.39, 0.29) is 5.91 Å². The van der Waals surface area contributed by atoms with Crippen molar-refractivity contribution >= 4 is 11.6 Å². The van der Waals surface area contributed by atoms with Crippen molar-refractivity contribution in [3.63, 3.8) is 0 Å². The number of nitrogens with zero attached hydrogens (tertiary/aromatic N) is 4. The van der Waals surface area contributed by atoms with E-state index in [2.05, 4.69) is 20.5 Å². The topological polar surface area (TPSA) is 81.5 Å². The zero-order chi connectivity index (χ0) is 19.4. The number of anilines is 1. The van der Waals surface area contributed by atoms with Crippen molar-refractivity contribution < 1.29 is 14.3 Å². The molecule has 1 N–H and O–H groups in total. The highest BCUT2D eigenvalue weighted by atomic mass is 16.5. The van der Waals surface area contributed by atoms with Crippen LogP contribution in [-0.2, 0) is 6.54 Å². The number of hydrogen-bond acceptors (Lipinski definition) is 6. The first kappa shape index (κ1) is 19.0. The van der Waals surface area contributed by atoms with Crippen LogP contribution >= 0.6 is 0 Å². The van der Waals surface area contributed by atoms with Crippen LogP contribution in [-0.4, -0.2) is 54.8 Å². The highest BCUT2D eigenvalue weighted by Gasteiger charge is 2.25. The SMILES string of the molecule is CCn1nnc(C)c1C(=O)NCC1CCN(c2cc(OC)cc(OC)c2)C1. The summed E-state index contributed by atoms with van der Waals surface area (Å²) in [6.07, 6.45) is 1.02. The molecule has 1 amide bonds. The van der Waals surface area contributed by atoms with Crippen LogP contribution in [0.2, 0.25) is 0 Å². The molecule has 0 aliphatic carbocycles. The Morgan fingerprint density at radius 1 is 1.26 bits per heavy atom. The maximum absolute atomic E-state index is 12.5. The van der Waals surface area contributed by atoms with E-state index in [0.29, 0.717) is 30.4 Å². The highest BCUT2D eigenvalue weighted by molar-refractivity contribution is 5.93. The van der Waals surface area contributed by atoms with E-state index in [1.165, 1.54) is 0 Å². The van der Waals surface area contributed by atoms with Crippen molar-refractivity contribution in [3.8, 4) is 11.5 Å². The second kappa shape index (κ2) is 8.28. The Bertz CT molecular complexity index is 782. The zero-order valence-corrected chi connectivity index (χ0v) is 16.4. The Morgan fingerprint density at radius 2 is 1.96 bits per heavy atom. The van der Waals surface area contributed by atoms with Crippen LogP contribution < -0.4 is 19.7 Å². The van der Waals surface area contributed by atoms with E-state index in [1.54, 1.807) is 18.9 Å². The molecule has 1 aromatic heterocycles. The standard InChI is InChI=1S/C19H27N5O3/c1-5-24-18(13(2)21-22-24)19(25)20-11-14-6-7-23(12-14)15-8-16(26-3)10-17(9-15)27-4/h8-10,14H,5-7,11-12H2,1-4H3,(H,20,25). The van der Waals surface area contributed by atoms with Crippen LogP contribution in [0, 0.1) is 12.8 Å². The molecule has 27 heavy (non-hydrogen) atoms. The molecule has 0 spiro atoms. The van der Waals surface area contributed by atoms with E-state index < -0.39 is 0 Å². The van der Waals surface area contributed by atoms with Gasteiger partial charge in [0.25, 0.3) is 5.91 Å². The van der Waals surface area contributed by atoms with Gasteiger partial charge in [-0.25, -0.2) is 4.68 Å². The van der Waals surface area contributed by atoms with Crippen molar-refractivity contribution in [1.82, 2.24) is 20.3 Å². The van der Waals surface area contributed by atoms with Crippen molar-refractivity contribution in [2.45, 2.75) is 26.8 Å². The molecule has 8 nitrogen and oxygen atoms in total. The van der Waals surface area contributed by atoms with Gasteiger partial charge in [-0.1, -0.05) is 5.21 Å². The van der Waals surface area contributed by atoms with Crippen LogP contribution in [0.5, 0.6) is 11.5 Å². The molecule has 1 saturated heterocycles. The maximum atomic E-state index is 12.5. The maximum Gasteiger partial charge on any atom is 0.271 e. The Labute approximate surface area is 159 Å². The fraction of sp³-hybridized carbons (Fsp3) is 0.526. The summed E-state index contributed by atoms with van der Waals surface area (Å²) in [5.74, 6) is 1.83. The number of carbonyl (C=O) groups is 1. The molecular weight excluding hydrogens is 346 g/mol. The normalized spacial score (nSPS) is 16.4. The summed E-state index contributed by atoms with van der Waals surface area (Å²) < 4.78 is 12.4. The third-order valence-electron chi connectivity index (χ3n) is 4.96. The molecule has 1 aromatic carbocycles. The number of nitrogens with one attached hydrogen (secondary N) is 1. The van der Waals surface area contributed by atoms with Gasteiger partial charge in [0.05, 0.1) is 19.9 Å². The van der Waals surface area contributed by atoms with Crippen LogP contribution in [0.15, 0.2) is 18.2 Å². The third kappa shape index (κ3) is 4.15. The van der Waals surface area contributed by atoms with Gasteiger partial charge in [0.2, 0.25) is 0 Å². The lowest BCUT2D eigenvalue weighted by Crippen LogP contribution is -2.32. The molecule has 1 atom stereocenters. The average molecular weight is 373 g/mol. The first-order valence-corrected chi connectivity index (χ1v) is 9.22. The molecular formula is C19H27N5O3. The number of methoxy groups -OCH3 is 2. The van der Waals surface area contributed by atoms with E-state index in [4.69, 9.17) is 9.47 Å². The van der Waals surface area contributed by atoms with E-state index in [9.17, 15) is 4.79 Å². The number of aromatic nitrogens is 3. The summed E-state index contributed by atoms with van der Waals surface area (Å²) in [5.41, 5.74) is 2.28. The lowest BCUT2D eigenvalue weighted by atomic mass is 10.1. The lowest BCUT2D eigenvalue weighted by molar-refractivity contribution is 0.0937. The predicted molar refractivity (Wildman–Crippen MR) is 103 cm³/mol.